The highest BCUT2D eigenvalue weighted by Gasteiger charge is 2.25. The van der Waals surface area contributed by atoms with Crippen LogP contribution in [0.4, 0.5) is 0 Å². The van der Waals surface area contributed by atoms with Crippen LogP contribution >= 0.6 is 0 Å². The van der Waals surface area contributed by atoms with E-state index >= 15 is 0 Å². The Bertz CT molecular complexity index is 790. The Morgan fingerprint density at radius 3 is 2.35 bits per heavy atom. The third-order valence-corrected chi connectivity index (χ3v) is 5.59. The lowest BCUT2D eigenvalue weighted by molar-refractivity contribution is 0.0390. The molecule has 0 bridgehead atoms. The van der Waals surface area contributed by atoms with Gasteiger partial charge in [0.25, 0.3) is 5.56 Å². The molecule has 1 fully saturated rings. The summed E-state index contributed by atoms with van der Waals surface area (Å²) in [5.41, 5.74) is -1.25. The Morgan fingerprint density at radius 2 is 1.74 bits per heavy atom. The molecule has 1 saturated heterocycles. The van der Waals surface area contributed by atoms with Crippen molar-refractivity contribution in [3.05, 3.63) is 26.5 Å². The van der Waals surface area contributed by atoms with Gasteiger partial charge in [0.1, 0.15) is 0 Å². The minimum absolute atomic E-state index is 0.122. The molecule has 0 atom stereocenters. The normalized spacial score (nSPS) is 16.7. The molecule has 0 unspecified atom stereocenters. The topological polar surface area (TPSA) is 103 Å². The molecule has 0 spiro atoms. The van der Waals surface area contributed by atoms with Gasteiger partial charge in [-0.3, -0.25) is 18.8 Å². The van der Waals surface area contributed by atoms with Gasteiger partial charge in [0.2, 0.25) is 10.0 Å². The van der Waals surface area contributed by atoms with Gasteiger partial charge < -0.3 is 4.74 Å². The van der Waals surface area contributed by atoms with E-state index in [1.165, 1.54) is 21.0 Å². The highest BCUT2D eigenvalue weighted by atomic mass is 32.2. The lowest BCUT2D eigenvalue weighted by Gasteiger charge is -2.26. The first kappa shape index (κ1) is 17.9. The molecule has 0 saturated carbocycles. The SMILES string of the molecule is Cc1c(S(=O)(=O)NCCN2CCOCC2)c(=O)n(C)c(=O)n1C. The number of ether oxygens (including phenoxy) is 1. The molecule has 1 aliphatic heterocycles. The largest absolute Gasteiger partial charge is 0.379 e. The molecule has 1 N–H and O–H groups in total. The van der Waals surface area contributed by atoms with Crippen LogP contribution in [-0.4, -0.2) is 61.8 Å². The summed E-state index contributed by atoms with van der Waals surface area (Å²) in [6, 6.07) is 0. The van der Waals surface area contributed by atoms with Crippen molar-refractivity contribution in [1.29, 1.82) is 0 Å². The fourth-order valence-electron chi connectivity index (χ4n) is 2.46. The summed E-state index contributed by atoms with van der Waals surface area (Å²) in [7, 11) is -1.29. The van der Waals surface area contributed by atoms with E-state index < -0.39 is 21.3 Å². The van der Waals surface area contributed by atoms with Gasteiger partial charge in [-0.05, 0) is 6.92 Å². The van der Waals surface area contributed by atoms with Gasteiger partial charge in [0.05, 0.1) is 13.2 Å². The number of rotatable bonds is 5. The number of morpholine rings is 1. The van der Waals surface area contributed by atoms with Gasteiger partial charge in [0, 0.05) is 46.0 Å². The second kappa shape index (κ2) is 6.95. The van der Waals surface area contributed by atoms with Crippen molar-refractivity contribution in [3.8, 4) is 0 Å². The number of aromatic nitrogens is 2. The molecule has 2 heterocycles. The first-order chi connectivity index (χ1) is 10.8. The zero-order chi connectivity index (χ0) is 17.2. The number of nitrogens with zero attached hydrogens (tertiary/aromatic N) is 3. The molecule has 9 nitrogen and oxygen atoms in total. The first-order valence-corrected chi connectivity index (χ1v) is 8.80. The van der Waals surface area contributed by atoms with E-state index in [2.05, 4.69) is 9.62 Å². The molecule has 23 heavy (non-hydrogen) atoms. The van der Waals surface area contributed by atoms with Crippen molar-refractivity contribution in [2.45, 2.75) is 11.8 Å². The fourth-order valence-corrected chi connectivity index (χ4v) is 3.86. The minimum atomic E-state index is -3.99. The summed E-state index contributed by atoms with van der Waals surface area (Å²) in [4.78, 5) is 25.7. The molecule has 2 rings (SSSR count). The molecule has 1 aliphatic rings. The van der Waals surface area contributed by atoms with Crippen LogP contribution in [0.5, 0.6) is 0 Å². The standard InChI is InChI=1S/C13H22N4O5S/c1-10-11(12(18)16(3)13(19)15(10)2)23(20,21)14-4-5-17-6-8-22-9-7-17/h14H,4-9H2,1-3H3. The van der Waals surface area contributed by atoms with E-state index in [1.807, 2.05) is 0 Å². The second-order valence-corrected chi connectivity index (χ2v) is 7.18. The lowest BCUT2D eigenvalue weighted by atomic mass is 10.4. The minimum Gasteiger partial charge on any atom is -0.379 e. The molecular weight excluding hydrogens is 324 g/mol. The van der Waals surface area contributed by atoms with E-state index in [-0.39, 0.29) is 17.1 Å². The number of hydrogen-bond acceptors (Lipinski definition) is 6. The summed E-state index contributed by atoms with van der Waals surface area (Å²) in [6.07, 6.45) is 0. The van der Waals surface area contributed by atoms with Crippen molar-refractivity contribution in [2.75, 3.05) is 39.4 Å². The summed E-state index contributed by atoms with van der Waals surface area (Å²) in [6.45, 7) is 4.94. The summed E-state index contributed by atoms with van der Waals surface area (Å²) < 4.78 is 34.5. The average molecular weight is 346 g/mol. The molecule has 0 aliphatic carbocycles. The second-order valence-electron chi connectivity index (χ2n) is 5.47. The van der Waals surface area contributed by atoms with E-state index in [0.717, 1.165) is 22.2 Å². The van der Waals surface area contributed by atoms with Crippen LogP contribution in [0, 0.1) is 6.92 Å². The van der Waals surface area contributed by atoms with Crippen molar-refractivity contribution >= 4 is 10.0 Å². The van der Waals surface area contributed by atoms with Gasteiger partial charge in [0.15, 0.2) is 4.90 Å². The summed E-state index contributed by atoms with van der Waals surface area (Å²) in [5.74, 6) is 0. The highest BCUT2D eigenvalue weighted by molar-refractivity contribution is 7.89. The van der Waals surface area contributed by atoms with Crippen molar-refractivity contribution in [3.63, 3.8) is 0 Å². The Hall–Kier alpha value is -1.49. The van der Waals surface area contributed by atoms with Gasteiger partial charge >= 0.3 is 5.69 Å². The molecule has 0 radical (unpaired) electrons. The molecular formula is C13H22N4O5S. The molecule has 130 valence electrons. The van der Waals surface area contributed by atoms with E-state index in [0.29, 0.717) is 19.8 Å². The van der Waals surface area contributed by atoms with Crippen LogP contribution < -0.4 is 16.0 Å². The monoisotopic (exact) mass is 346 g/mol. The van der Waals surface area contributed by atoms with Crippen LogP contribution in [0.15, 0.2) is 14.5 Å². The van der Waals surface area contributed by atoms with Gasteiger partial charge in [-0.1, -0.05) is 0 Å². The summed E-state index contributed by atoms with van der Waals surface area (Å²) >= 11 is 0. The Kier molecular flexibility index (Phi) is 5.40. The zero-order valence-electron chi connectivity index (χ0n) is 13.5. The third-order valence-electron chi connectivity index (χ3n) is 4.00. The van der Waals surface area contributed by atoms with Crippen LogP contribution in [-0.2, 0) is 28.9 Å². The molecule has 10 heteroatoms. The molecule has 0 aromatic carbocycles. The van der Waals surface area contributed by atoms with E-state index in [4.69, 9.17) is 4.74 Å². The average Bonchev–Trinajstić information content (AvgIpc) is 2.52. The zero-order valence-corrected chi connectivity index (χ0v) is 14.4. The van der Waals surface area contributed by atoms with Crippen molar-refractivity contribution < 1.29 is 13.2 Å². The van der Waals surface area contributed by atoms with Crippen LogP contribution in [0.25, 0.3) is 0 Å². The van der Waals surface area contributed by atoms with Gasteiger partial charge in [-0.25, -0.2) is 17.9 Å². The molecule has 1 aromatic heterocycles. The maximum absolute atomic E-state index is 12.4. The van der Waals surface area contributed by atoms with Gasteiger partial charge in [-0.15, -0.1) is 0 Å². The van der Waals surface area contributed by atoms with Crippen molar-refractivity contribution in [2.24, 2.45) is 14.1 Å². The molecule has 1 aromatic rings. The van der Waals surface area contributed by atoms with E-state index in [1.54, 1.807) is 0 Å². The van der Waals surface area contributed by atoms with Crippen molar-refractivity contribution in [1.82, 2.24) is 18.8 Å². The van der Waals surface area contributed by atoms with Crippen LogP contribution in [0.3, 0.4) is 0 Å². The smallest absolute Gasteiger partial charge is 0.330 e. The van der Waals surface area contributed by atoms with Crippen LogP contribution in [0.2, 0.25) is 0 Å². The predicted octanol–water partition coefficient (Wildman–Crippen LogP) is -2.00. The number of nitrogens with one attached hydrogen (secondary N) is 1. The Labute approximate surface area is 134 Å². The van der Waals surface area contributed by atoms with Gasteiger partial charge in [-0.2, -0.15) is 0 Å². The third kappa shape index (κ3) is 3.71. The maximum atomic E-state index is 12.4. The summed E-state index contributed by atoms with van der Waals surface area (Å²) in [5, 5.41) is 0. The quantitative estimate of drug-likeness (QED) is 0.662. The van der Waals surface area contributed by atoms with E-state index in [9.17, 15) is 18.0 Å². The first-order valence-electron chi connectivity index (χ1n) is 7.32. The number of sulfonamides is 1. The fraction of sp³-hybridized carbons (Fsp3) is 0.692. The molecule has 0 amide bonds. The van der Waals surface area contributed by atoms with Crippen LogP contribution in [0.1, 0.15) is 5.69 Å². The Balaban J connectivity index is 2.20. The highest BCUT2D eigenvalue weighted by Crippen LogP contribution is 2.07. The lowest BCUT2D eigenvalue weighted by Crippen LogP contribution is -2.45. The number of hydrogen-bond donors (Lipinski definition) is 1. The maximum Gasteiger partial charge on any atom is 0.330 e. The predicted molar refractivity (Wildman–Crippen MR) is 84.1 cm³/mol. The Morgan fingerprint density at radius 1 is 1.13 bits per heavy atom.